The molecule has 0 heterocycles. The maximum absolute atomic E-state index is 13.7. The van der Waals surface area contributed by atoms with E-state index in [9.17, 15) is 18.0 Å². The standard InChI is InChI=1S/C13H17F3N2O/c1-4-5-17-12-9(14)6-8(10(15)11(12)16)13(19)18-7(2)3/h6-7,17H,4-5H2,1-3H3,(H,18,19). The van der Waals surface area contributed by atoms with E-state index in [0.717, 1.165) is 0 Å². The smallest absolute Gasteiger partial charge is 0.254 e. The molecule has 0 unspecified atom stereocenters. The predicted octanol–water partition coefficient (Wildman–Crippen LogP) is 3.06. The average molecular weight is 274 g/mol. The van der Waals surface area contributed by atoms with Gasteiger partial charge >= 0.3 is 0 Å². The van der Waals surface area contributed by atoms with Gasteiger partial charge in [0.25, 0.3) is 5.91 Å². The minimum absolute atomic E-state index is 0.254. The Morgan fingerprint density at radius 2 is 1.89 bits per heavy atom. The number of anilines is 1. The van der Waals surface area contributed by atoms with Crippen LogP contribution in [0.15, 0.2) is 6.07 Å². The van der Waals surface area contributed by atoms with Crippen LogP contribution in [0, 0.1) is 17.5 Å². The largest absolute Gasteiger partial charge is 0.380 e. The molecule has 0 saturated heterocycles. The number of benzene rings is 1. The molecule has 106 valence electrons. The maximum Gasteiger partial charge on any atom is 0.254 e. The number of carbonyl (C=O) groups excluding carboxylic acids is 1. The van der Waals surface area contributed by atoms with Crippen LogP contribution in [-0.4, -0.2) is 18.5 Å². The monoisotopic (exact) mass is 274 g/mol. The van der Waals surface area contributed by atoms with Crippen LogP contribution < -0.4 is 10.6 Å². The third kappa shape index (κ3) is 3.62. The van der Waals surface area contributed by atoms with Crippen molar-refractivity contribution in [2.45, 2.75) is 33.2 Å². The molecule has 0 saturated carbocycles. The molecule has 3 nitrogen and oxygen atoms in total. The van der Waals surface area contributed by atoms with Gasteiger partial charge in [-0.15, -0.1) is 0 Å². The highest BCUT2D eigenvalue weighted by molar-refractivity contribution is 5.95. The van der Waals surface area contributed by atoms with Gasteiger partial charge in [0.2, 0.25) is 0 Å². The molecule has 1 aromatic rings. The third-order valence-electron chi connectivity index (χ3n) is 2.37. The van der Waals surface area contributed by atoms with E-state index in [1.54, 1.807) is 13.8 Å². The molecule has 0 aromatic heterocycles. The summed E-state index contributed by atoms with van der Waals surface area (Å²) >= 11 is 0. The molecule has 0 radical (unpaired) electrons. The molecule has 1 aromatic carbocycles. The Labute approximate surface area is 110 Å². The molecular formula is C13H17F3N2O. The van der Waals surface area contributed by atoms with Crippen molar-refractivity contribution < 1.29 is 18.0 Å². The van der Waals surface area contributed by atoms with Crippen LogP contribution in [0.2, 0.25) is 0 Å². The minimum atomic E-state index is -1.37. The van der Waals surface area contributed by atoms with Gasteiger partial charge in [0.15, 0.2) is 11.6 Å². The fourth-order valence-corrected chi connectivity index (χ4v) is 1.51. The highest BCUT2D eigenvalue weighted by atomic mass is 19.2. The van der Waals surface area contributed by atoms with Gasteiger partial charge in [-0.1, -0.05) is 6.92 Å². The molecule has 0 bridgehead atoms. The van der Waals surface area contributed by atoms with Crippen molar-refractivity contribution in [2.24, 2.45) is 0 Å². The second-order valence-electron chi connectivity index (χ2n) is 4.46. The number of halogens is 3. The molecule has 0 aliphatic carbocycles. The van der Waals surface area contributed by atoms with E-state index < -0.39 is 34.6 Å². The van der Waals surface area contributed by atoms with E-state index >= 15 is 0 Å². The zero-order valence-corrected chi connectivity index (χ0v) is 11.1. The van der Waals surface area contributed by atoms with Gasteiger partial charge < -0.3 is 10.6 Å². The summed E-state index contributed by atoms with van der Waals surface area (Å²) < 4.78 is 41.1. The summed E-state index contributed by atoms with van der Waals surface area (Å²) in [6.07, 6.45) is 0.635. The van der Waals surface area contributed by atoms with E-state index in [4.69, 9.17) is 0 Å². The molecule has 1 rings (SSSR count). The van der Waals surface area contributed by atoms with Crippen LogP contribution in [0.3, 0.4) is 0 Å². The van der Waals surface area contributed by atoms with E-state index in [-0.39, 0.29) is 6.04 Å². The molecule has 1 amide bonds. The topological polar surface area (TPSA) is 41.1 Å². The van der Waals surface area contributed by atoms with Gasteiger partial charge in [-0.3, -0.25) is 4.79 Å². The van der Waals surface area contributed by atoms with Gasteiger partial charge in [-0.2, -0.15) is 0 Å². The van der Waals surface area contributed by atoms with Crippen LogP contribution in [0.25, 0.3) is 0 Å². The molecule has 2 N–H and O–H groups in total. The van der Waals surface area contributed by atoms with Crippen molar-refractivity contribution in [3.63, 3.8) is 0 Å². The SMILES string of the molecule is CCCNc1c(F)cc(C(=O)NC(C)C)c(F)c1F. The third-order valence-corrected chi connectivity index (χ3v) is 2.37. The number of carbonyl (C=O) groups is 1. The van der Waals surface area contributed by atoms with Crippen molar-refractivity contribution in [1.82, 2.24) is 5.32 Å². The fraction of sp³-hybridized carbons (Fsp3) is 0.462. The van der Waals surface area contributed by atoms with Crippen molar-refractivity contribution in [3.8, 4) is 0 Å². The quantitative estimate of drug-likeness (QED) is 0.810. The van der Waals surface area contributed by atoms with Gasteiger partial charge in [0, 0.05) is 12.6 Å². The zero-order valence-electron chi connectivity index (χ0n) is 11.1. The first-order chi connectivity index (χ1) is 8.88. The minimum Gasteiger partial charge on any atom is -0.380 e. The molecule has 6 heteroatoms. The van der Waals surface area contributed by atoms with E-state index in [0.29, 0.717) is 19.0 Å². The van der Waals surface area contributed by atoms with E-state index in [2.05, 4.69) is 10.6 Å². The van der Waals surface area contributed by atoms with Crippen molar-refractivity contribution >= 4 is 11.6 Å². The number of amides is 1. The second-order valence-corrected chi connectivity index (χ2v) is 4.46. The lowest BCUT2D eigenvalue weighted by molar-refractivity contribution is 0.0937. The van der Waals surface area contributed by atoms with Gasteiger partial charge in [0.1, 0.15) is 11.5 Å². The summed E-state index contributed by atoms with van der Waals surface area (Å²) in [5.41, 5.74) is -1.17. The molecule has 0 aliphatic heterocycles. The summed E-state index contributed by atoms with van der Waals surface area (Å²) in [6.45, 7) is 5.45. The number of hydrogen-bond acceptors (Lipinski definition) is 2. The Bertz CT molecular complexity index is 475. The Morgan fingerprint density at radius 3 is 2.42 bits per heavy atom. The second kappa shape index (κ2) is 6.45. The maximum atomic E-state index is 13.7. The predicted molar refractivity (Wildman–Crippen MR) is 67.7 cm³/mol. The summed E-state index contributed by atoms with van der Waals surface area (Å²) in [7, 11) is 0. The Hall–Kier alpha value is -1.72. The van der Waals surface area contributed by atoms with Gasteiger partial charge in [-0.25, -0.2) is 13.2 Å². The van der Waals surface area contributed by atoms with Crippen LogP contribution in [0.4, 0.5) is 18.9 Å². The molecule has 0 spiro atoms. The first-order valence-corrected chi connectivity index (χ1v) is 6.10. The Kier molecular flexibility index (Phi) is 5.20. The summed E-state index contributed by atoms with van der Waals surface area (Å²) in [6, 6.07) is 0.449. The number of nitrogens with one attached hydrogen (secondary N) is 2. The first kappa shape index (κ1) is 15.3. The van der Waals surface area contributed by atoms with Crippen LogP contribution in [-0.2, 0) is 0 Å². The zero-order chi connectivity index (χ0) is 14.6. The summed E-state index contributed by atoms with van der Waals surface area (Å²) in [5, 5.41) is 4.84. The van der Waals surface area contributed by atoms with Crippen molar-refractivity contribution in [2.75, 3.05) is 11.9 Å². The molecule has 0 fully saturated rings. The highest BCUT2D eigenvalue weighted by Crippen LogP contribution is 2.24. The lowest BCUT2D eigenvalue weighted by Crippen LogP contribution is -2.31. The number of hydrogen-bond donors (Lipinski definition) is 2. The van der Waals surface area contributed by atoms with E-state index in [1.165, 1.54) is 0 Å². The molecular weight excluding hydrogens is 257 g/mol. The number of rotatable bonds is 5. The lowest BCUT2D eigenvalue weighted by Gasteiger charge is -2.13. The van der Waals surface area contributed by atoms with Crippen LogP contribution in [0.1, 0.15) is 37.6 Å². The summed E-state index contributed by atoms with van der Waals surface area (Å²) in [5.74, 6) is -4.55. The summed E-state index contributed by atoms with van der Waals surface area (Å²) in [4.78, 5) is 11.6. The van der Waals surface area contributed by atoms with Gasteiger partial charge in [0.05, 0.1) is 5.56 Å². The molecule has 0 atom stereocenters. The fourth-order valence-electron chi connectivity index (χ4n) is 1.51. The Balaban J connectivity index is 3.13. The normalized spacial score (nSPS) is 10.7. The van der Waals surface area contributed by atoms with E-state index in [1.807, 2.05) is 6.92 Å². The average Bonchev–Trinajstić information content (AvgIpc) is 2.32. The van der Waals surface area contributed by atoms with Crippen molar-refractivity contribution in [3.05, 3.63) is 29.1 Å². The van der Waals surface area contributed by atoms with Gasteiger partial charge in [-0.05, 0) is 26.3 Å². The Morgan fingerprint density at radius 1 is 1.26 bits per heavy atom. The highest BCUT2D eigenvalue weighted by Gasteiger charge is 2.22. The first-order valence-electron chi connectivity index (χ1n) is 6.10. The lowest BCUT2D eigenvalue weighted by atomic mass is 10.1. The van der Waals surface area contributed by atoms with Crippen LogP contribution in [0.5, 0.6) is 0 Å². The van der Waals surface area contributed by atoms with Crippen LogP contribution >= 0.6 is 0 Å². The van der Waals surface area contributed by atoms with Crippen molar-refractivity contribution in [1.29, 1.82) is 0 Å². The molecule has 19 heavy (non-hydrogen) atoms. The molecule has 0 aliphatic rings.